The van der Waals surface area contributed by atoms with Gasteiger partial charge in [0, 0.05) is 23.8 Å². The Morgan fingerprint density at radius 1 is 1.23 bits per heavy atom. The normalized spacial score (nSPS) is 20.9. The summed E-state index contributed by atoms with van der Waals surface area (Å²) < 4.78 is 23.5. The van der Waals surface area contributed by atoms with Gasteiger partial charge in [0.15, 0.2) is 15.0 Å². The van der Waals surface area contributed by atoms with Crippen LogP contribution in [0.2, 0.25) is 0 Å². The van der Waals surface area contributed by atoms with Gasteiger partial charge in [-0.3, -0.25) is 14.9 Å². The van der Waals surface area contributed by atoms with Crippen LogP contribution in [0.5, 0.6) is 0 Å². The smallest absolute Gasteiger partial charge is 0.273 e. The number of rotatable bonds is 4. The highest BCUT2D eigenvalue weighted by molar-refractivity contribution is 7.91. The highest BCUT2D eigenvalue weighted by Crippen LogP contribution is 2.27. The average Bonchev–Trinajstić information content (AvgIpc) is 3.30. The summed E-state index contributed by atoms with van der Waals surface area (Å²) in [7, 11) is -3.16. The molecule has 1 atom stereocenters. The van der Waals surface area contributed by atoms with Gasteiger partial charge in [0.2, 0.25) is 5.91 Å². The average molecular weight is 447 g/mol. The Morgan fingerprint density at radius 2 is 2.03 bits per heavy atom. The van der Waals surface area contributed by atoms with E-state index in [1.807, 2.05) is 31.4 Å². The first-order valence-electron chi connectivity index (χ1n) is 9.66. The molecule has 0 saturated carbocycles. The van der Waals surface area contributed by atoms with Gasteiger partial charge in [-0.1, -0.05) is 12.1 Å². The second kappa shape index (κ2) is 7.92. The molecule has 30 heavy (non-hydrogen) atoms. The Labute approximate surface area is 178 Å². The van der Waals surface area contributed by atoms with Crippen LogP contribution in [-0.4, -0.2) is 53.5 Å². The first-order valence-corrected chi connectivity index (χ1v) is 12.4. The van der Waals surface area contributed by atoms with E-state index in [4.69, 9.17) is 0 Å². The minimum Gasteiger partial charge on any atom is -0.297 e. The zero-order valence-electron chi connectivity index (χ0n) is 16.7. The lowest BCUT2D eigenvalue weighted by Crippen LogP contribution is -2.42. The third-order valence-electron chi connectivity index (χ3n) is 5.40. The maximum Gasteiger partial charge on any atom is 0.273 e. The van der Waals surface area contributed by atoms with Crippen LogP contribution < -0.4 is 5.32 Å². The summed E-state index contributed by atoms with van der Waals surface area (Å²) in [5.74, 6) is -0.740. The summed E-state index contributed by atoms with van der Waals surface area (Å²) in [6, 6.07) is 5.59. The first kappa shape index (κ1) is 20.7. The highest BCUT2D eigenvalue weighted by Gasteiger charge is 2.37. The van der Waals surface area contributed by atoms with Gasteiger partial charge in [-0.25, -0.2) is 18.4 Å². The van der Waals surface area contributed by atoms with Crippen molar-refractivity contribution in [1.82, 2.24) is 9.99 Å². The molecule has 8 nitrogen and oxygen atoms in total. The molecule has 10 heteroatoms. The largest absolute Gasteiger partial charge is 0.297 e. The molecule has 0 aliphatic carbocycles. The SMILES string of the molecule is Cc1ccc(-c2csc(NC(=O)C3=NN(C4CCS(=O)(=O)C4)C(=O)CC3)n2)cc1C. The Kier molecular flexibility index (Phi) is 5.46. The van der Waals surface area contributed by atoms with Crippen molar-refractivity contribution < 1.29 is 18.0 Å². The number of nitrogens with one attached hydrogen (secondary N) is 1. The van der Waals surface area contributed by atoms with E-state index in [0.29, 0.717) is 11.6 Å². The maximum atomic E-state index is 12.7. The number of hydrazone groups is 1. The molecule has 0 spiro atoms. The van der Waals surface area contributed by atoms with Crippen molar-refractivity contribution in [2.75, 3.05) is 16.8 Å². The Hall–Kier alpha value is -2.59. The van der Waals surface area contributed by atoms with Gasteiger partial charge in [-0.15, -0.1) is 11.3 Å². The highest BCUT2D eigenvalue weighted by atomic mass is 32.2. The van der Waals surface area contributed by atoms with Crippen molar-refractivity contribution in [1.29, 1.82) is 0 Å². The van der Waals surface area contributed by atoms with E-state index in [9.17, 15) is 18.0 Å². The molecule has 2 aromatic rings. The molecule has 2 aliphatic rings. The molecule has 158 valence electrons. The van der Waals surface area contributed by atoms with Crippen LogP contribution in [0.4, 0.5) is 5.13 Å². The van der Waals surface area contributed by atoms with Crippen molar-refractivity contribution >= 4 is 43.8 Å². The molecule has 1 N–H and O–H groups in total. The van der Waals surface area contributed by atoms with Crippen molar-refractivity contribution in [2.24, 2.45) is 5.10 Å². The van der Waals surface area contributed by atoms with E-state index in [1.54, 1.807) is 0 Å². The number of aryl methyl sites for hydroxylation is 2. The summed E-state index contributed by atoms with van der Waals surface area (Å²) in [4.78, 5) is 29.4. The van der Waals surface area contributed by atoms with Crippen molar-refractivity contribution in [3.8, 4) is 11.3 Å². The zero-order chi connectivity index (χ0) is 21.5. The predicted octanol–water partition coefficient (Wildman–Crippen LogP) is 2.53. The van der Waals surface area contributed by atoms with Crippen LogP contribution >= 0.6 is 11.3 Å². The number of hydrogen-bond donors (Lipinski definition) is 1. The Balaban J connectivity index is 1.48. The number of thiazole rings is 1. The fraction of sp³-hybridized carbons (Fsp3) is 0.400. The molecule has 1 saturated heterocycles. The number of carbonyl (C=O) groups excluding carboxylic acids is 2. The summed E-state index contributed by atoms with van der Waals surface area (Å²) >= 11 is 1.32. The van der Waals surface area contributed by atoms with E-state index in [2.05, 4.69) is 21.5 Å². The molecule has 0 bridgehead atoms. The van der Waals surface area contributed by atoms with Crippen LogP contribution in [0, 0.1) is 13.8 Å². The predicted molar refractivity (Wildman–Crippen MR) is 116 cm³/mol. The third kappa shape index (κ3) is 4.29. The Bertz CT molecular complexity index is 1150. The number of carbonyl (C=O) groups is 2. The number of sulfone groups is 1. The molecule has 2 aliphatic heterocycles. The third-order valence-corrected chi connectivity index (χ3v) is 7.91. The molecular weight excluding hydrogens is 424 g/mol. The van der Waals surface area contributed by atoms with E-state index in [-0.39, 0.29) is 36.0 Å². The molecular formula is C20H22N4O4S2. The minimum atomic E-state index is -3.16. The second-order valence-corrected chi connectivity index (χ2v) is 10.7. The molecule has 1 aromatic carbocycles. The Morgan fingerprint density at radius 3 is 2.73 bits per heavy atom. The second-order valence-electron chi connectivity index (χ2n) is 7.63. The number of aromatic nitrogens is 1. The van der Waals surface area contributed by atoms with Gasteiger partial charge < -0.3 is 0 Å². The van der Waals surface area contributed by atoms with E-state index < -0.39 is 21.8 Å². The lowest BCUT2D eigenvalue weighted by atomic mass is 10.1. The van der Waals surface area contributed by atoms with Crippen LogP contribution in [-0.2, 0) is 19.4 Å². The molecule has 0 radical (unpaired) electrons. The van der Waals surface area contributed by atoms with Crippen LogP contribution in [0.15, 0.2) is 28.7 Å². The summed E-state index contributed by atoms with van der Waals surface area (Å²) in [6.07, 6.45) is 0.697. The zero-order valence-corrected chi connectivity index (χ0v) is 18.3. The lowest BCUT2D eigenvalue weighted by Gasteiger charge is -2.27. The lowest BCUT2D eigenvalue weighted by molar-refractivity contribution is -0.133. The van der Waals surface area contributed by atoms with Crippen molar-refractivity contribution in [3.63, 3.8) is 0 Å². The monoisotopic (exact) mass is 446 g/mol. The topological polar surface area (TPSA) is 109 Å². The van der Waals surface area contributed by atoms with E-state index in [0.717, 1.165) is 11.3 Å². The van der Waals surface area contributed by atoms with Crippen LogP contribution in [0.1, 0.15) is 30.4 Å². The number of anilines is 1. The van der Waals surface area contributed by atoms with Crippen molar-refractivity contribution in [3.05, 3.63) is 34.7 Å². The summed E-state index contributed by atoms with van der Waals surface area (Å²) in [5, 5.41) is 10.5. The van der Waals surface area contributed by atoms with Crippen LogP contribution in [0.3, 0.4) is 0 Å². The van der Waals surface area contributed by atoms with E-state index >= 15 is 0 Å². The fourth-order valence-corrected chi connectivity index (χ4v) is 5.93. The molecule has 3 heterocycles. The fourth-order valence-electron chi connectivity index (χ4n) is 3.52. The van der Waals surface area contributed by atoms with Gasteiger partial charge in [-0.05, 0) is 37.5 Å². The van der Waals surface area contributed by atoms with Crippen molar-refractivity contribution in [2.45, 2.75) is 39.2 Å². The van der Waals surface area contributed by atoms with Gasteiger partial charge in [0.25, 0.3) is 5.91 Å². The van der Waals surface area contributed by atoms with Gasteiger partial charge >= 0.3 is 0 Å². The molecule has 1 aromatic heterocycles. The number of benzene rings is 1. The standard InChI is InChI=1S/C20H22N4O4S2/c1-12-3-4-14(9-13(12)2)17-10-29-20(21-17)22-19(26)16-5-6-18(25)24(23-16)15-7-8-30(27,28)11-15/h3-4,9-10,15H,5-8,11H2,1-2H3,(H,21,22,26). The summed E-state index contributed by atoms with van der Waals surface area (Å²) in [6.45, 7) is 4.09. The number of amides is 2. The maximum absolute atomic E-state index is 12.7. The molecule has 4 rings (SSSR count). The molecule has 1 unspecified atom stereocenters. The van der Waals surface area contributed by atoms with E-state index in [1.165, 1.54) is 27.5 Å². The van der Waals surface area contributed by atoms with Gasteiger partial charge in [0.1, 0.15) is 5.71 Å². The first-order chi connectivity index (χ1) is 14.2. The molecule has 1 fully saturated rings. The van der Waals surface area contributed by atoms with Gasteiger partial charge in [-0.2, -0.15) is 5.10 Å². The summed E-state index contributed by atoms with van der Waals surface area (Å²) in [5.41, 5.74) is 4.33. The van der Waals surface area contributed by atoms with Crippen LogP contribution in [0.25, 0.3) is 11.3 Å². The number of hydrogen-bond acceptors (Lipinski definition) is 7. The number of nitrogens with zero attached hydrogens (tertiary/aromatic N) is 3. The van der Waals surface area contributed by atoms with Gasteiger partial charge in [0.05, 0.1) is 23.2 Å². The molecule has 2 amide bonds. The minimum absolute atomic E-state index is 0.0405. The quantitative estimate of drug-likeness (QED) is 0.776.